The molecule has 0 aliphatic heterocycles. The molecule has 3 atom stereocenters. The fourth-order valence-corrected chi connectivity index (χ4v) is 4.07. The summed E-state index contributed by atoms with van der Waals surface area (Å²) in [6.45, 7) is 10.6. The van der Waals surface area contributed by atoms with Gasteiger partial charge in [0.25, 0.3) is 0 Å². The fourth-order valence-electron chi connectivity index (χ4n) is 4.07. The maximum atomic E-state index is 11.2. The number of carbonyl (C=O) groups is 1. The highest BCUT2D eigenvalue weighted by atomic mass is 16.6. The van der Waals surface area contributed by atoms with E-state index in [1.54, 1.807) is 0 Å². The normalized spacial score (nSPS) is 46.9. The van der Waals surface area contributed by atoms with Gasteiger partial charge in [-0.2, -0.15) is 0 Å². The third-order valence-corrected chi connectivity index (χ3v) is 5.61. The average molecular weight is 210 g/mol. The van der Waals surface area contributed by atoms with Crippen LogP contribution in [0.25, 0.3) is 0 Å². The third kappa shape index (κ3) is 1.14. The van der Waals surface area contributed by atoms with Crippen LogP contribution in [0.2, 0.25) is 0 Å². The maximum absolute atomic E-state index is 11.2. The van der Waals surface area contributed by atoms with Crippen LogP contribution in [-0.4, -0.2) is 11.6 Å². The highest BCUT2D eigenvalue weighted by Gasteiger charge is 2.68. The molecule has 2 rings (SSSR count). The van der Waals surface area contributed by atoms with E-state index in [-0.39, 0.29) is 17.0 Å². The number of ether oxygens (including phenoxy) is 1. The summed E-state index contributed by atoms with van der Waals surface area (Å²) >= 11 is 0. The molecule has 0 aromatic carbocycles. The summed E-state index contributed by atoms with van der Waals surface area (Å²) < 4.78 is 5.63. The largest absolute Gasteiger partial charge is 0.459 e. The molecule has 86 valence electrons. The first-order valence-electron chi connectivity index (χ1n) is 5.92. The van der Waals surface area contributed by atoms with E-state index in [0.29, 0.717) is 11.3 Å². The number of rotatable bonds is 1. The van der Waals surface area contributed by atoms with Crippen LogP contribution in [0.5, 0.6) is 0 Å². The summed E-state index contributed by atoms with van der Waals surface area (Å²) in [5.41, 5.74) is 0.207. The van der Waals surface area contributed by atoms with Crippen molar-refractivity contribution >= 4 is 5.97 Å². The van der Waals surface area contributed by atoms with Gasteiger partial charge in [0.1, 0.15) is 5.60 Å². The second kappa shape index (κ2) is 2.78. The maximum Gasteiger partial charge on any atom is 0.303 e. The van der Waals surface area contributed by atoms with Crippen LogP contribution in [0.1, 0.15) is 53.9 Å². The van der Waals surface area contributed by atoms with Crippen molar-refractivity contribution in [3.8, 4) is 0 Å². The number of carbonyl (C=O) groups excluding carboxylic acids is 1. The SMILES string of the molecule is CC(=O)OC1(C)CC2CCC1(C)C2(C)C. The van der Waals surface area contributed by atoms with Gasteiger partial charge in [-0.05, 0) is 37.5 Å². The zero-order valence-electron chi connectivity index (χ0n) is 10.5. The molecule has 0 aromatic rings. The van der Waals surface area contributed by atoms with E-state index in [2.05, 4.69) is 27.7 Å². The van der Waals surface area contributed by atoms with E-state index in [4.69, 9.17) is 4.74 Å². The Bertz CT molecular complexity index is 308. The molecule has 0 saturated heterocycles. The summed E-state index contributed by atoms with van der Waals surface area (Å²) in [4.78, 5) is 11.2. The molecule has 2 saturated carbocycles. The molecule has 2 nitrogen and oxygen atoms in total. The van der Waals surface area contributed by atoms with Crippen LogP contribution in [0.4, 0.5) is 0 Å². The first kappa shape index (κ1) is 11.0. The molecule has 0 spiro atoms. The lowest BCUT2D eigenvalue weighted by molar-refractivity contribution is -0.172. The molecular weight excluding hydrogens is 188 g/mol. The summed E-state index contributed by atoms with van der Waals surface area (Å²) in [6.07, 6.45) is 3.52. The minimum atomic E-state index is -0.245. The van der Waals surface area contributed by atoms with E-state index >= 15 is 0 Å². The van der Waals surface area contributed by atoms with E-state index < -0.39 is 0 Å². The molecule has 2 aliphatic carbocycles. The van der Waals surface area contributed by atoms with Crippen molar-refractivity contribution in [2.24, 2.45) is 16.7 Å². The van der Waals surface area contributed by atoms with E-state index in [1.807, 2.05) is 0 Å². The minimum Gasteiger partial charge on any atom is -0.459 e. The zero-order chi connectivity index (χ0) is 11.5. The van der Waals surface area contributed by atoms with E-state index in [1.165, 1.54) is 19.8 Å². The third-order valence-electron chi connectivity index (χ3n) is 5.61. The van der Waals surface area contributed by atoms with Gasteiger partial charge in [-0.15, -0.1) is 0 Å². The Morgan fingerprint density at radius 2 is 1.87 bits per heavy atom. The van der Waals surface area contributed by atoms with Gasteiger partial charge < -0.3 is 4.74 Å². The molecule has 2 heteroatoms. The van der Waals surface area contributed by atoms with Crippen LogP contribution < -0.4 is 0 Å². The van der Waals surface area contributed by atoms with Crippen molar-refractivity contribution in [1.82, 2.24) is 0 Å². The molecular formula is C13H22O2. The smallest absolute Gasteiger partial charge is 0.303 e. The molecule has 2 fully saturated rings. The van der Waals surface area contributed by atoms with Crippen molar-refractivity contribution in [3.63, 3.8) is 0 Å². The van der Waals surface area contributed by atoms with Crippen LogP contribution in [0.3, 0.4) is 0 Å². The summed E-state index contributed by atoms with van der Waals surface area (Å²) in [5.74, 6) is 0.578. The summed E-state index contributed by atoms with van der Waals surface area (Å²) in [5, 5.41) is 0. The first-order chi connectivity index (χ1) is 6.73. The van der Waals surface area contributed by atoms with Crippen LogP contribution in [0, 0.1) is 16.7 Å². The summed E-state index contributed by atoms with van der Waals surface area (Å²) in [7, 11) is 0. The monoisotopic (exact) mass is 210 g/mol. The molecule has 0 aromatic heterocycles. The lowest BCUT2D eigenvalue weighted by Gasteiger charge is -2.45. The van der Waals surface area contributed by atoms with Crippen LogP contribution in [-0.2, 0) is 9.53 Å². The molecule has 2 bridgehead atoms. The molecule has 2 aliphatic rings. The summed E-state index contributed by atoms with van der Waals surface area (Å²) in [6, 6.07) is 0. The predicted molar refractivity (Wildman–Crippen MR) is 59.4 cm³/mol. The highest BCUT2D eigenvalue weighted by molar-refractivity contribution is 5.66. The molecule has 0 amide bonds. The van der Waals surface area contributed by atoms with Crippen molar-refractivity contribution < 1.29 is 9.53 Å². The minimum absolute atomic E-state index is 0.137. The number of hydrogen-bond acceptors (Lipinski definition) is 2. The van der Waals surface area contributed by atoms with Gasteiger partial charge in [0, 0.05) is 12.3 Å². The predicted octanol–water partition coefficient (Wildman–Crippen LogP) is 3.15. The number of esters is 1. The van der Waals surface area contributed by atoms with E-state index in [9.17, 15) is 4.79 Å². The van der Waals surface area contributed by atoms with Gasteiger partial charge in [0.2, 0.25) is 0 Å². The molecule has 0 heterocycles. The lowest BCUT2D eigenvalue weighted by atomic mass is 9.65. The van der Waals surface area contributed by atoms with Gasteiger partial charge in [0.15, 0.2) is 0 Å². The zero-order valence-corrected chi connectivity index (χ0v) is 10.5. The van der Waals surface area contributed by atoms with Gasteiger partial charge in [0.05, 0.1) is 0 Å². The Balaban J connectivity index is 2.36. The molecule has 0 radical (unpaired) electrons. The van der Waals surface area contributed by atoms with E-state index in [0.717, 1.165) is 6.42 Å². The molecule has 15 heavy (non-hydrogen) atoms. The Morgan fingerprint density at radius 1 is 1.27 bits per heavy atom. The lowest BCUT2D eigenvalue weighted by Crippen LogP contribution is -2.47. The quantitative estimate of drug-likeness (QED) is 0.621. The fraction of sp³-hybridized carbons (Fsp3) is 0.923. The van der Waals surface area contributed by atoms with Crippen molar-refractivity contribution in [1.29, 1.82) is 0 Å². The Morgan fingerprint density at radius 3 is 2.20 bits per heavy atom. The number of hydrogen-bond donors (Lipinski definition) is 0. The molecule has 0 N–H and O–H groups in total. The highest BCUT2D eigenvalue weighted by Crippen LogP contribution is 2.70. The van der Waals surface area contributed by atoms with Crippen LogP contribution in [0.15, 0.2) is 0 Å². The first-order valence-corrected chi connectivity index (χ1v) is 5.92. The second-order valence-electron chi connectivity index (χ2n) is 6.32. The molecule has 3 unspecified atom stereocenters. The Hall–Kier alpha value is -0.530. The second-order valence-corrected chi connectivity index (χ2v) is 6.32. The Kier molecular flexibility index (Phi) is 2.03. The van der Waals surface area contributed by atoms with Crippen molar-refractivity contribution in [2.75, 3.05) is 0 Å². The standard InChI is InChI=1S/C13H22O2/c1-9(14)15-13(5)8-10-6-7-12(13,4)11(10,2)3/h10H,6-8H2,1-5H3. The van der Waals surface area contributed by atoms with Crippen LogP contribution >= 0.6 is 0 Å². The van der Waals surface area contributed by atoms with Gasteiger partial charge >= 0.3 is 5.97 Å². The van der Waals surface area contributed by atoms with Gasteiger partial charge in [-0.25, -0.2) is 0 Å². The van der Waals surface area contributed by atoms with Gasteiger partial charge in [-0.1, -0.05) is 20.8 Å². The van der Waals surface area contributed by atoms with Crippen molar-refractivity contribution in [3.05, 3.63) is 0 Å². The topological polar surface area (TPSA) is 26.3 Å². The average Bonchev–Trinajstić information content (AvgIpc) is 2.34. The number of fused-ring (bicyclic) bond motifs is 2. The Labute approximate surface area is 92.4 Å². The van der Waals surface area contributed by atoms with Gasteiger partial charge in [-0.3, -0.25) is 4.79 Å². The van der Waals surface area contributed by atoms with Crippen molar-refractivity contribution in [2.45, 2.75) is 59.5 Å².